The minimum absolute atomic E-state index is 0.301. The topological polar surface area (TPSA) is 78.5 Å². The van der Waals surface area contributed by atoms with Crippen LogP contribution in [0, 0.1) is 0 Å². The molecule has 28 heavy (non-hydrogen) atoms. The molecule has 6 nitrogen and oxygen atoms in total. The molecule has 2 aromatic rings. The van der Waals surface area contributed by atoms with Crippen LogP contribution in [-0.4, -0.2) is 34.8 Å². The van der Waals surface area contributed by atoms with E-state index in [4.69, 9.17) is 0 Å². The highest BCUT2D eigenvalue weighted by Gasteiger charge is 2.41. The van der Waals surface area contributed by atoms with E-state index in [1.54, 1.807) is 18.2 Å². The van der Waals surface area contributed by atoms with Gasteiger partial charge >= 0.3 is 6.03 Å². The normalized spacial score (nSPS) is 13.5. The molecule has 146 valence electrons. The van der Waals surface area contributed by atoms with E-state index in [9.17, 15) is 14.4 Å². The summed E-state index contributed by atoms with van der Waals surface area (Å²) in [7, 11) is 0. The summed E-state index contributed by atoms with van der Waals surface area (Å²) in [6, 6.07) is 14.5. The molecule has 2 N–H and O–H groups in total. The summed E-state index contributed by atoms with van der Waals surface area (Å²) in [6.07, 6.45) is 1.72. The van der Waals surface area contributed by atoms with Crippen LogP contribution in [0.3, 0.4) is 0 Å². The van der Waals surface area contributed by atoms with Gasteiger partial charge in [-0.2, -0.15) is 0 Å². The van der Waals surface area contributed by atoms with Crippen LogP contribution < -0.4 is 10.6 Å². The highest BCUT2D eigenvalue weighted by atomic mass is 16.2. The van der Waals surface area contributed by atoms with Crippen LogP contribution in [0.5, 0.6) is 0 Å². The first-order chi connectivity index (χ1) is 13.3. The van der Waals surface area contributed by atoms with Gasteiger partial charge in [0, 0.05) is 17.8 Å². The van der Waals surface area contributed by atoms with Crippen molar-refractivity contribution in [3.63, 3.8) is 0 Å². The molecule has 4 amide bonds. The van der Waals surface area contributed by atoms with Gasteiger partial charge in [0.2, 0.25) is 0 Å². The van der Waals surface area contributed by atoms with Crippen molar-refractivity contribution in [3.05, 3.63) is 65.2 Å². The van der Waals surface area contributed by atoms with E-state index in [0.717, 1.165) is 12.8 Å². The number of benzene rings is 2. The number of rotatable bonds is 5. The average molecular weight is 379 g/mol. The van der Waals surface area contributed by atoms with Crippen molar-refractivity contribution < 1.29 is 14.4 Å². The molecule has 0 atom stereocenters. The zero-order chi connectivity index (χ0) is 20.3. The van der Waals surface area contributed by atoms with Crippen molar-refractivity contribution in [2.45, 2.75) is 39.2 Å². The number of nitrogens with one attached hydrogen (secondary N) is 2. The van der Waals surface area contributed by atoms with Gasteiger partial charge in [0.05, 0.1) is 11.1 Å². The third kappa shape index (κ3) is 4.22. The number of fused-ring (bicyclic) bond motifs is 1. The fourth-order valence-electron chi connectivity index (χ4n) is 3.24. The Hall–Kier alpha value is -3.15. The van der Waals surface area contributed by atoms with Gasteiger partial charge in [0.15, 0.2) is 0 Å². The maximum atomic E-state index is 12.6. The number of imide groups is 1. The smallest absolute Gasteiger partial charge is 0.319 e. The number of amides is 4. The van der Waals surface area contributed by atoms with Gasteiger partial charge in [0.1, 0.15) is 0 Å². The molecule has 0 unspecified atom stereocenters. The van der Waals surface area contributed by atoms with Gasteiger partial charge in [-0.1, -0.05) is 30.3 Å². The number of aryl methyl sites for hydroxylation is 1. The summed E-state index contributed by atoms with van der Waals surface area (Å²) in [5, 5.41) is 5.54. The highest BCUT2D eigenvalue weighted by Crippen LogP contribution is 2.30. The standard InChI is InChI=1S/C22H25N3O3/c1-22(2,3)25-19(26)17-12-11-16(14-18(17)20(25)27)24-21(28)23-13-7-10-15-8-5-4-6-9-15/h4-6,8-9,11-12,14H,7,10,13H2,1-3H3,(H2,23,24,28). The van der Waals surface area contributed by atoms with Crippen molar-refractivity contribution in [1.29, 1.82) is 0 Å². The van der Waals surface area contributed by atoms with Crippen LogP contribution in [0.25, 0.3) is 0 Å². The molecule has 0 spiro atoms. The van der Waals surface area contributed by atoms with E-state index in [-0.39, 0.29) is 17.8 Å². The first-order valence-electron chi connectivity index (χ1n) is 9.39. The number of anilines is 1. The van der Waals surface area contributed by atoms with Crippen molar-refractivity contribution in [2.24, 2.45) is 0 Å². The Morgan fingerprint density at radius 1 is 0.964 bits per heavy atom. The lowest BCUT2D eigenvalue weighted by molar-refractivity contribution is 0.0507. The molecule has 0 radical (unpaired) electrons. The second-order valence-corrected chi connectivity index (χ2v) is 7.85. The summed E-state index contributed by atoms with van der Waals surface area (Å²) in [5.41, 5.74) is 1.80. The number of carbonyl (C=O) groups is 3. The van der Waals surface area contributed by atoms with E-state index >= 15 is 0 Å². The van der Waals surface area contributed by atoms with Crippen LogP contribution in [0.4, 0.5) is 10.5 Å². The van der Waals surface area contributed by atoms with Gasteiger partial charge in [-0.3, -0.25) is 14.5 Å². The Morgan fingerprint density at radius 2 is 1.64 bits per heavy atom. The lowest BCUT2D eigenvalue weighted by Gasteiger charge is -2.29. The van der Waals surface area contributed by atoms with Gasteiger partial charge in [0.25, 0.3) is 11.8 Å². The Balaban J connectivity index is 1.56. The lowest BCUT2D eigenvalue weighted by atomic mass is 10.1. The molecule has 0 bridgehead atoms. The Kier molecular flexibility index (Phi) is 5.49. The molecule has 0 saturated carbocycles. The summed E-state index contributed by atoms with van der Waals surface area (Å²) in [6.45, 7) is 5.99. The predicted molar refractivity (Wildman–Crippen MR) is 108 cm³/mol. The molecule has 1 heterocycles. The quantitative estimate of drug-likeness (QED) is 0.612. The maximum Gasteiger partial charge on any atom is 0.319 e. The molecule has 0 aromatic heterocycles. The molecular formula is C22H25N3O3. The number of hydrogen-bond donors (Lipinski definition) is 2. The number of nitrogens with zero attached hydrogens (tertiary/aromatic N) is 1. The van der Waals surface area contributed by atoms with Crippen LogP contribution >= 0.6 is 0 Å². The van der Waals surface area contributed by atoms with Crippen molar-refractivity contribution in [2.75, 3.05) is 11.9 Å². The Morgan fingerprint density at radius 3 is 2.32 bits per heavy atom. The molecule has 1 aliphatic rings. The number of carbonyl (C=O) groups excluding carboxylic acids is 3. The molecule has 0 saturated heterocycles. The van der Waals surface area contributed by atoms with Crippen molar-refractivity contribution in [3.8, 4) is 0 Å². The third-order valence-corrected chi connectivity index (χ3v) is 4.59. The first-order valence-corrected chi connectivity index (χ1v) is 9.39. The van der Waals surface area contributed by atoms with E-state index < -0.39 is 5.54 Å². The Labute approximate surface area is 164 Å². The van der Waals surface area contributed by atoms with Crippen molar-refractivity contribution >= 4 is 23.5 Å². The van der Waals surface area contributed by atoms with E-state index in [1.807, 2.05) is 39.0 Å². The zero-order valence-corrected chi connectivity index (χ0v) is 16.4. The van der Waals surface area contributed by atoms with Gasteiger partial charge in [-0.25, -0.2) is 4.79 Å². The van der Waals surface area contributed by atoms with Crippen molar-refractivity contribution in [1.82, 2.24) is 10.2 Å². The highest BCUT2D eigenvalue weighted by molar-refractivity contribution is 6.22. The van der Waals surface area contributed by atoms with Crippen LogP contribution in [0.15, 0.2) is 48.5 Å². The molecule has 1 aliphatic heterocycles. The number of urea groups is 1. The third-order valence-electron chi connectivity index (χ3n) is 4.59. The summed E-state index contributed by atoms with van der Waals surface area (Å²) >= 11 is 0. The SMILES string of the molecule is CC(C)(C)N1C(=O)c2ccc(NC(=O)NCCCc3ccccc3)cc2C1=O. The second kappa shape index (κ2) is 7.84. The summed E-state index contributed by atoms with van der Waals surface area (Å²) in [5.74, 6) is -0.635. The summed E-state index contributed by atoms with van der Waals surface area (Å²) in [4.78, 5) is 38.5. The largest absolute Gasteiger partial charge is 0.338 e. The fraction of sp³-hybridized carbons (Fsp3) is 0.318. The van der Waals surface area contributed by atoms with Gasteiger partial charge in [-0.15, -0.1) is 0 Å². The molecule has 0 aliphatic carbocycles. The molecule has 3 rings (SSSR count). The van der Waals surface area contributed by atoms with E-state index in [0.29, 0.717) is 23.4 Å². The molecule has 0 fully saturated rings. The van der Waals surface area contributed by atoms with Crippen LogP contribution in [0.1, 0.15) is 53.5 Å². The molecule has 2 aromatic carbocycles. The molecule has 6 heteroatoms. The van der Waals surface area contributed by atoms with Gasteiger partial charge < -0.3 is 10.6 Å². The minimum atomic E-state index is -0.600. The first kappa shape index (κ1) is 19.6. The average Bonchev–Trinajstić information content (AvgIpc) is 2.90. The molecular weight excluding hydrogens is 354 g/mol. The van der Waals surface area contributed by atoms with E-state index in [2.05, 4.69) is 22.8 Å². The summed E-state index contributed by atoms with van der Waals surface area (Å²) < 4.78 is 0. The number of hydrogen-bond acceptors (Lipinski definition) is 3. The zero-order valence-electron chi connectivity index (χ0n) is 16.4. The minimum Gasteiger partial charge on any atom is -0.338 e. The maximum absolute atomic E-state index is 12.6. The lowest BCUT2D eigenvalue weighted by Crippen LogP contribution is -2.45. The second-order valence-electron chi connectivity index (χ2n) is 7.85. The predicted octanol–water partition coefficient (Wildman–Crippen LogP) is 3.84. The van der Waals surface area contributed by atoms with E-state index in [1.165, 1.54) is 10.5 Å². The van der Waals surface area contributed by atoms with Crippen LogP contribution in [-0.2, 0) is 6.42 Å². The monoisotopic (exact) mass is 379 g/mol. The van der Waals surface area contributed by atoms with Gasteiger partial charge in [-0.05, 0) is 57.4 Å². The van der Waals surface area contributed by atoms with Crippen LogP contribution in [0.2, 0.25) is 0 Å². The fourth-order valence-corrected chi connectivity index (χ4v) is 3.24. The Bertz CT molecular complexity index is 901.